The molecule has 0 amide bonds. The van der Waals surface area contributed by atoms with Gasteiger partial charge in [0.15, 0.2) is 5.69 Å². The van der Waals surface area contributed by atoms with E-state index in [0.29, 0.717) is 13.1 Å². The molecule has 2 heterocycles. The quantitative estimate of drug-likeness (QED) is 0.851. The maximum atomic E-state index is 12.8. The zero-order valence-corrected chi connectivity index (χ0v) is 12.3. The van der Waals surface area contributed by atoms with Crippen molar-refractivity contribution >= 4 is 17.4 Å². The molecule has 3 rings (SSSR count). The highest BCUT2D eigenvalue weighted by atomic mass is 35.5. The van der Waals surface area contributed by atoms with E-state index < -0.39 is 17.2 Å². The normalized spacial score (nSPS) is 35.0. The van der Waals surface area contributed by atoms with Crippen LogP contribution in [0.5, 0.6) is 0 Å². The van der Waals surface area contributed by atoms with Gasteiger partial charge in [-0.25, -0.2) is 9.97 Å². The number of anilines is 1. The minimum Gasteiger partial charge on any atom is -0.396 e. The number of alkyl halides is 3. The van der Waals surface area contributed by atoms with Crippen LogP contribution in [-0.4, -0.2) is 34.8 Å². The highest BCUT2D eigenvalue weighted by molar-refractivity contribution is 6.28. The van der Waals surface area contributed by atoms with Crippen LogP contribution in [0.2, 0.25) is 5.28 Å². The van der Waals surface area contributed by atoms with Gasteiger partial charge in [-0.2, -0.15) is 13.2 Å². The third-order valence-corrected chi connectivity index (χ3v) is 5.45. The Morgan fingerprint density at radius 3 is 2.38 bits per heavy atom. The number of rotatable bonds is 2. The van der Waals surface area contributed by atoms with Crippen molar-refractivity contribution in [2.24, 2.45) is 16.7 Å². The predicted octanol–water partition coefficient (Wildman–Crippen LogP) is 2.60. The average molecular weight is 322 g/mol. The number of hydrogen-bond acceptors (Lipinski definition) is 4. The fourth-order valence-corrected chi connectivity index (χ4v) is 3.96. The van der Waals surface area contributed by atoms with Gasteiger partial charge >= 0.3 is 6.18 Å². The molecule has 2 unspecified atom stereocenters. The van der Waals surface area contributed by atoms with E-state index in [-0.39, 0.29) is 29.2 Å². The largest absolute Gasteiger partial charge is 0.433 e. The molecule has 1 saturated heterocycles. The van der Waals surface area contributed by atoms with Crippen molar-refractivity contribution < 1.29 is 18.3 Å². The molecule has 2 atom stereocenters. The Bertz CT molecular complexity index is 579. The van der Waals surface area contributed by atoms with Gasteiger partial charge < -0.3 is 10.0 Å². The first-order valence-electron chi connectivity index (χ1n) is 6.59. The van der Waals surface area contributed by atoms with E-state index in [9.17, 15) is 18.3 Å². The number of aliphatic hydroxyl groups excluding tert-OH is 1. The molecule has 1 aliphatic carbocycles. The molecule has 1 aliphatic heterocycles. The highest BCUT2D eigenvalue weighted by Gasteiger charge is 2.74. The van der Waals surface area contributed by atoms with E-state index in [0.717, 1.165) is 6.07 Å². The third-order valence-electron chi connectivity index (χ3n) is 5.28. The number of piperidine rings is 1. The lowest BCUT2D eigenvalue weighted by Gasteiger charge is -2.24. The van der Waals surface area contributed by atoms with Crippen molar-refractivity contribution in [1.29, 1.82) is 0 Å². The van der Waals surface area contributed by atoms with Gasteiger partial charge in [0.2, 0.25) is 5.28 Å². The van der Waals surface area contributed by atoms with Crippen LogP contribution >= 0.6 is 11.6 Å². The van der Waals surface area contributed by atoms with Crippen molar-refractivity contribution in [3.63, 3.8) is 0 Å². The molecule has 8 heteroatoms. The molecule has 0 bridgehead atoms. The lowest BCUT2D eigenvalue weighted by molar-refractivity contribution is -0.141. The third kappa shape index (κ3) is 2.01. The summed E-state index contributed by atoms with van der Waals surface area (Å²) in [5.41, 5.74) is -1.23. The molecular weight excluding hydrogens is 307 g/mol. The summed E-state index contributed by atoms with van der Waals surface area (Å²) in [7, 11) is 0. The van der Waals surface area contributed by atoms with Gasteiger partial charge in [-0.05, 0) is 28.3 Å². The number of aromatic nitrogens is 2. The maximum absolute atomic E-state index is 12.8. The summed E-state index contributed by atoms with van der Waals surface area (Å²) >= 11 is 5.62. The van der Waals surface area contributed by atoms with Gasteiger partial charge in [0.25, 0.3) is 0 Å². The molecule has 2 fully saturated rings. The fraction of sp³-hybridized carbons (Fsp3) is 0.692. The summed E-state index contributed by atoms with van der Waals surface area (Å²) in [6.07, 6.45) is -4.55. The second-order valence-corrected chi connectivity index (χ2v) is 6.64. The van der Waals surface area contributed by atoms with E-state index >= 15 is 0 Å². The van der Waals surface area contributed by atoms with Crippen LogP contribution in [0.1, 0.15) is 19.5 Å². The van der Waals surface area contributed by atoms with Crippen LogP contribution in [-0.2, 0) is 6.18 Å². The molecular formula is C13H15ClF3N3O. The van der Waals surface area contributed by atoms with Crippen LogP contribution in [0.25, 0.3) is 0 Å². The lowest BCUT2D eigenvalue weighted by atomic mass is 10.0. The fourth-order valence-electron chi connectivity index (χ4n) is 3.78. The summed E-state index contributed by atoms with van der Waals surface area (Å²) in [5.74, 6) is 0.370. The van der Waals surface area contributed by atoms with Crippen LogP contribution in [0.4, 0.5) is 19.0 Å². The number of hydrogen-bond donors (Lipinski definition) is 1. The molecule has 1 saturated carbocycles. The number of aliphatic hydroxyl groups is 1. The van der Waals surface area contributed by atoms with Crippen molar-refractivity contribution in [1.82, 2.24) is 9.97 Å². The second kappa shape index (κ2) is 4.23. The van der Waals surface area contributed by atoms with Gasteiger partial charge in [0, 0.05) is 25.8 Å². The van der Waals surface area contributed by atoms with Gasteiger partial charge in [0.05, 0.1) is 0 Å². The van der Waals surface area contributed by atoms with E-state index in [4.69, 9.17) is 11.6 Å². The minimum absolute atomic E-state index is 0.0964. The number of nitrogens with zero attached hydrogens (tertiary/aromatic N) is 3. The summed E-state index contributed by atoms with van der Waals surface area (Å²) in [6, 6.07) is 0.928. The van der Waals surface area contributed by atoms with Crippen molar-refractivity contribution in [3.05, 3.63) is 17.0 Å². The highest BCUT2D eigenvalue weighted by Crippen LogP contribution is 2.72. The summed E-state index contributed by atoms with van der Waals surface area (Å²) in [6.45, 7) is 5.29. The van der Waals surface area contributed by atoms with E-state index in [1.54, 1.807) is 4.90 Å². The molecule has 4 nitrogen and oxygen atoms in total. The van der Waals surface area contributed by atoms with E-state index in [1.165, 1.54) is 0 Å². The van der Waals surface area contributed by atoms with Crippen LogP contribution in [0.15, 0.2) is 6.07 Å². The molecule has 0 radical (unpaired) electrons. The molecule has 1 aromatic rings. The topological polar surface area (TPSA) is 49.2 Å². The zero-order valence-electron chi connectivity index (χ0n) is 11.6. The molecule has 1 N–H and O–H groups in total. The van der Waals surface area contributed by atoms with E-state index in [2.05, 4.69) is 9.97 Å². The Balaban J connectivity index is 1.89. The van der Waals surface area contributed by atoms with Gasteiger partial charge in [0.1, 0.15) is 5.82 Å². The van der Waals surface area contributed by atoms with Gasteiger partial charge in [-0.3, -0.25) is 0 Å². The first-order chi connectivity index (χ1) is 9.62. The van der Waals surface area contributed by atoms with Crippen LogP contribution in [0, 0.1) is 16.7 Å². The van der Waals surface area contributed by atoms with Gasteiger partial charge in [-0.1, -0.05) is 13.8 Å². The van der Waals surface area contributed by atoms with Gasteiger partial charge in [-0.15, -0.1) is 0 Å². The van der Waals surface area contributed by atoms with Crippen molar-refractivity contribution in [3.8, 4) is 0 Å². The maximum Gasteiger partial charge on any atom is 0.433 e. The first-order valence-corrected chi connectivity index (χ1v) is 6.97. The Kier molecular flexibility index (Phi) is 2.99. The van der Waals surface area contributed by atoms with Crippen molar-refractivity contribution in [2.45, 2.75) is 20.0 Å². The number of halogens is 4. The molecule has 2 aliphatic rings. The van der Waals surface area contributed by atoms with Crippen LogP contribution < -0.4 is 4.90 Å². The summed E-state index contributed by atoms with van der Waals surface area (Å²) < 4.78 is 38.4. The zero-order chi connectivity index (χ0) is 15.6. The molecule has 116 valence electrons. The average Bonchev–Trinajstić information content (AvgIpc) is 2.65. The summed E-state index contributed by atoms with van der Waals surface area (Å²) in [5, 5.41) is 8.97. The predicted molar refractivity (Wildman–Crippen MR) is 71.0 cm³/mol. The lowest BCUT2D eigenvalue weighted by Crippen LogP contribution is -2.30. The standard InChI is InChI=1S/C13H15ClF3N3O/c1-11-5-20(6-12(11,2)7(11)4-21)9-3-8(13(15,16)17)18-10(14)19-9/h3,7,21H,4-6H2,1-2H3. The Hall–Kier alpha value is -1.08. The molecule has 21 heavy (non-hydrogen) atoms. The smallest absolute Gasteiger partial charge is 0.396 e. The summed E-state index contributed by atoms with van der Waals surface area (Å²) in [4.78, 5) is 8.94. The Morgan fingerprint density at radius 1 is 1.33 bits per heavy atom. The Labute approximate surface area is 124 Å². The Morgan fingerprint density at radius 2 is 1.90 bits per heavy atom. The molecule has 0 spiro atoms. The minimum atomic E-state index is -4.55. The second-order valence-electron chi connectivity index (χ2n) is 6.30. The monoisotopic (exact) mass is 321 g/mol. The van der Waals surface area contributed by atoms with Crippen LogP contribution in [0.3, 0.4) is 0 Å². The number of fused-ring (bicyclic) bond motifs is 1. The van der Waals surface area contributed by atoms with Crippen molar-refractivity contribution in [2.75, 3.05) is 24.6 Å². The SMILES string of the molecule is CC12CN(c3cc(C(F)(F)F)nc(Cl)n3)CC1(C)C2CO. The molecule has 0 aromatic carbocycles. The first kappa shape index (κ1) is 14.8. The molecule has 1 aromatic heterocycles. The van der Waals surface area contributed by atoms with E-state index in [1.807, 2.05) is 13.8 Å².